The number of carbonyl (C=O) groups is 1. The van der Waals surface area contributed by atoms with Crippen LogP contribution in [0.5, 0.6) is 17.2 Å². The summed E-state index contributed by atoms with van der Waals surface area (Å²) in [4.78, 5) is 40.0. The first-order valence-corrected chi connectivity index (χ1v) is 9.44. The van der Waals surface area contributed by atoms with Crippen molar-refractivity contribution in [3.8, 4) is 28.6 Å². The number of hydrogen-bond donors (Lipinski definition) is 1. The van der Waals surface area contributed by atoms with E-state index in [4.69, 9.17) is 9.47 Å². The van der Waals surface area contributed by atoms with E-state index in [1.165, 1.54) is 29.6 Å². The van der Waals surface area contributed by atoms with Crippen LogP contribution in [0, 0.1) is 0 Å². The number of nitrogens with zero attached hydrogens (tertiary/aromatic N) is 4. The third-order valence-electron chi connectivity index (χ3n) is 4.20. The molecule has 2 heterocycles. The summed E-state index contributed by atoms with van der Waals surface area (Å²) in [5.74, 6) is 1.55. The van der Waals surface area contributed by atoms with Crippen LogP contribution in [0.3, 0.4) is 0 Å². The summed E-state index contributed by atoms with van der Waals surface area (Å²) in [6.07, 6.45) is 5.11. The molecule has 0 radical (unpaired) electrons. The molecule has 0 saturated carbocycles. The maximum absolute atomic E-state index is 11.9. The Labute approximate surface area is 173 Å². The number of ether oxygens (including phenoxy) is 2. The fourth-order valence-corrected chi connectivity index (χ4v) is 2.48. The average Bonchev–Trinajstić information content (AvgIpc) is 2.73. The van der Waals surface area contributed by atoms with Crippen molar-refractivity contribution in [1.82, 2.24) is 24.8 Å². The van der Waals surface area contributed by atoms with E-state index in [0.29, 0.717) is 28.6 Å². The van der Waals surface area contributed by atoms with Crippen LogP contribution in [0.25, 0.3) is 11.4 Å². The number of aromatic nitrogens is 4. The zero-order chi connectivity index (χ0) is 21.7. The molecule has 0 spiro atoms. The number of rotatable bonds is 7. The first-order chi connectivity index (χ1) is 14.4. The molecule has 0 fully saturated rings. The van der Waals surface area contributed by atoms with Gasteiger partial charge in [-0.25, -0.2) is 15.0 Å². The van der Waals surface area contributed by atoms with Gasteiger partial charge in [0, 0.05) is 38.0 Å². The molecular weight excluding hydrogens is 386 g/mol. The molecule has 0 saturated heterocycles. The van der Waals surface area contributed by atoms with Gasteiger partial charge in [0.05, 0.1) is 18.5 Å². The molecule has 156 valence electrons. The van der Waals surface area contributed by atoms with Gasteiger partial charge in [-0.15, -0.1) is 0 Å². The molecule has 0 unspecified atom stereocenters. The summed E-state index contributed by atoms with van der Waals surface area (Å²) < 4.78 is 11.8. The Kier molecular flexibility index (Phi) is 6.41. The number of aromatic amines is 1. The predicted octanol–water partition coefficient (Wildman–Crippen LogP) is 2.90. The Morgan fingerprint density at radius 2 is 1.80 bits per heavy atom. The summed E-state index contributed by atoms with van der Waals surface area (Å²) in [5.41, 5.74) is 0.370. The smallest absolute Gasteiger partial charge is 0.291 e. The number of amides is 1. The minimum Gasteiger partial charge on any atom is -0.491 e. The summed E-state index contributed by atoms with van der Waals surface area (Å²) >= 11 is 0. The Hall–Kier alpha value is -3.75. The number of nitrogens with one attached hydrogen (secondary N) is 1. The molecule has 2 aromatic heterocycles. The van der Waals surface area contributed by atoms with E-state index in [9.17, 15) is 9.59 Å². The lowest BCUT2D eigenvalue weighted by atomic mass is 10.2. The van der Waals surface area contributed by atoms with Gasteiger partial charge in [-0.3, -0.25) is 9.59 Å². The number of carbonyl (C=O) groups excluding carboxylic acids is 1. The normalized spacial score (nSPS) is 11.6. The Morgan fingerprint density at radius 1 is 1.10 bits per heavy atom. The molecule has 9 heteroatoms. The lowest BCUT2D eigenvalue weighted by Gasteiger charge is -2.15. The molecule has 9 nitrogen and oxygen atoms in total. The van der Waals surface area contributed by atoms with Crippen molar-refractivity contribution in [3.05, 3.63) is 59.0 Å². The van der Waals surface area contributed by atoms with E-state index in [1.807, 2.05) is 13.8 Å². The van der Waals surface area contributed by atoms with E-state index in [2.05, 4.69) is 19.9 Å². The van der Waals surface area contributed by atoms with Crippen molar-refractivity contribution in [3.63, 3.8) is 0 Å². The van der Waals surface area contributed by atoms with E-state index in [-0.39, 0.29) is 23.4 Å². The van der Waals surface area contributed by atoms with Crippen LogP contribution in [-0.4, -0.2) is 50.9 Å². The highest BCUT2D eigenvalue weighted by molar-refractivity contribution is 5.89. The van der Waals surface area contributed by atoms with Crippen LogP contribution in [0.15, 0.2) is 47.7 Å². The fraction of sp³-hybridized carbons (Fsp3) is 0.286. The Bertz CT molecular complexity index is 1080. The van der Waals surface area contributed by atoms with Crippen LogP contribution in [0.4, 0.5) is 0 Å². The summed E-state index contributed by atoms with van der Waals surface area (Å²) in [6.45, 7) is 3.99. The zero-order valence-electron chi connectivity index (χ0n) is 17.2. The van der Waals surface area contributed by atoms with Gasteiger partial charge >= 0.3 is 0 Å². The molecule has 0 aliphatic heterocycles. The fourth-order valence-electron chi connectivity index (χ4n) is 2.48. The zero-order valence-corrected chi connectivity index (χ0v) is 17.2. The summed E-state index contributed by atoms with van der Waals surface area (Å²) in [7, 11) is 3.25. The lowest BCUT2D eigenvalue weighted by molar-refractivity contribution is 0.0815. The summed E-state index contributed by atoms with van der Waals surface area (Å²) in [6, 6.07) is 6.58. The quantitative estimate of drug-likeness (QED) is 0.639. The van der Waals surface area contributed by atoms with Crippen LogP contribution in [0.1, 0.15) is 30.9 Å². The van der Waals surface area contributed by atoms with Crippen molar-refractivity contribution in [2.24, 2.45) is 0 Å². The van der Waals surface area contributed by atoms with Gasteiger partial charge in [-0.1, -0.05) is 6.92 Å². The first-order valence-electron chi connectivity index (χ1n) is 9.44. The minimum atomic E-state index is -0.299. The molecule has 3 aromatic rings. The van der Waals surface area contributed by atoms with Gasteiger partial charge in [0.15, 0.2) is 5.75 Å². The summed E-state index contributed by atoms with van der Waals surface area (Å²) in [5, 5.41) is 0. The Balaban J connectivity index is 1.93. The standard InChI is InChI=1S/C21H23N5O4/c1-5-13(2)29-15-8-14(19-22-7-6-18(27)25-19)9-16(10-15)30-17-11-23-20(24-12-17)21(28)26(3)4/h6-13H,5H2,1-4H3,(H,22,25,27)/t13-/m0/s1. The SMILES string of the molecule is CC[C@H](C)Oc1cc(Oc2cnc(C(=O)N(C)C)nc2)cc(-c2nccc(=O)[nH]2)c1. The number of hydrogen-bond acceptors (Lipinski definition) is 7. The second kappa shape index (κ2) is 9.17. The lowest BCUT2D eigenvalue weighted by Crippen LogP contribution is -2.23. The van der Waals surface area contributed by atoms with E-state index >= 15 is 0 Å². The van der Waals surface area contributed by atoms with Crippen molar-refractivity contribution < 1.29 is 14.3 Å². The molecular formula is C21H23N5O4. The van der Waals surface area contributed by atoms with Crippen molar-refractivity contribution in [2.45, 2.75) is 26.4 Å². The monoisotopic (exact) mass is 409 g/mol. The highest BCUT2D eigenvalue weighted by Crippen LogP contribution is 2.31. The van der Waals surface area contributed by atoms with Gasteiger partial charge in [0.1, 0.15) is 17.3 Å². The maximum atomic E-state index is 11.9. The van der Waals surface area contributed by atoms with Crippen molar-refractivity contribution in [2.75, 3.05) is 14.1 Å². The third kappa shape index (κ3) is 5.19. The highest BCUT2D eigenvalue weighted by atomic mass is 16.5. The van der Waals surface area contributed by atoms with E-state index in [0.717, 1.165) is 6.42 Å². The second-order valence-corrected chi connectivity index (χ2v) is 6.86. The van der Waals surface area contributed by atoms with Crippen molar-refractivity contribution >= 4 is 5.91 Å². The third-order valence-corrected chi connectivity index (χ3v) is 4.20. The average molecular weight is 409 g/mol. The van der Waals surface area contributed by atoms with Crippen LogP contribution in [-0.2, 0) is 0 Å². The molecule has 30 heavy (non-hydrogen) atoms. The number of H-pyrrole nitrogens is 1. The largest absolute Gasteiger partial charge is 0.491 e. The van der Waals surface area contributed by atoms with Crippen LogP contribution >= 0.6 is 0 Å². The van der Waals surface area contributed by atoms with Gasteiger partial charge in [-0.2, -0.15) is 0 Å². The van der Waals surface area contributed by atoms with Gasteiger partial charge < -0.3 is 19.4 Å². The molecule has 0 bridgehead atoms. The molecule has 0 aliphatic rings. The maximum Gasteiger partial charge on any atom is 0.291 e. The Morgan fingerprint density at radius 3 is 2.43 bits per heavy atom. The minimum absolute atomic E-state index is 0.00413. The van der Waals surface area contributed by atoms with Gasteiger partial charge in [-0.05, 0) is 25.5 Å². The highest BCUT2D eigenvalue weighted by Gasteiger charge is 2.13. The van der Waals surface area contributed by atoms with Gasteiger partial charge in [0.2, 0.25) is 5.82 Å². The number of benzene rings is 1. The molecule has 1 aromatic carbocycles. The molecule has 3 rings (SSSR count). The molecule has 1 atom stereocenters. The van der Waals surface area contributed by atoms with Crippen molar-refractivity contribution in [1.29, 1.82) is 0 Å². The molecule has 1 N–H and O–H groups in total. The molecule has 0 aliphatic carbocycles. The van der Waals surface area contributed by atoms with E-state index < -0.39 is 0 Å². The van der Waals surface area contributed by atoms with Crippen LogP contribution < -0.4 is 15.0 Å². The predicted molar refractivity (Wildman–Crippen MR) is 111 cm³/mol. The van der Waals surface area contributed by atoms with Gasteiger partial charge in [0.25, 0.3) is 11.5 Å². The van der Waals surface area contributed by atoms with E-state index in [1.54, 1.807) is 32.3 Å². The first kappa shape index (κ1) is 21.0. The topological polar surface area (TPSA) is 110 Å². The molecule has 1 amide bonds. The van der Waals surface area contributed by atoms with Crippen LogP contribution in [0.2, 0.25) is 0 Å². The second-order valence-electron chi connectivity index (χ2n) is 6.86.